The van der Waals surface area contributed by atoms with Crippen molar-refractivity contribution in [3.05, 3.63) is 133 Å². The molecule has 1 heterocycles. The van der Waals surface area contributed by atoms with Crippen LogP contribution in [0, 0.1) is 0 Å². The molecule has 0 aliphatic heterocycles. The molecule has 0 aliphatic carbocycles. The summed E-state index contributed by atoms with van der Waals surface area (Å²) in [6, 6.07) is 49.5. The smallest absolute Gasteiger partial charge is 0.139 e. The lowest BCUT2D eigenvalue weighted by Gasteiger charge is -2.28. The maximum absolute atomic E-state index is 6.55. The first-order valence-corrected chi connectivity index (χ1v) is 20.9. The Morgan fingerprint density at radius 1 is 0.271 bits per heavy atom. The monoisotopic (exact) mass is 742 g/mol. The second kappa shape index (κ2) is 13.2. The van der Waals surface area contributed by atoms with Crippen LogP contribution in [0.25, 0.3) is 109 Å². The highest BCUT2D eigenvalue weighted by Gasteiger charge is 2.26. The predicted octanol–water partition coefficient (Wildman–Crippen LogP) is 0.420. The molecule has 0 bridgehead atoms. The molecule has 0 N–H and O–H groups in total. The predicted molar refractivity (Wildman–Crippen MR) is 283 cm³/mol. The second-order valence-electron chi connectivity index (χ2n) is 17.1. The van der Waals surface area contributed by atoms with Crippen LogP contribution in [0.1, 0.15) is 0 Å². The van der Waals surface area contributed by atoms with E-state index in [1.54, 1.807) is 0 Å². The van der Waals surface area contributed by atoms with Crippen molar-refractivity contribution in [2.45, 2.75) is 0 Å². The summed E-state index contributed by atoms with van der Waals surface area (Å²) in [5, 5.41) is 15.2. The van der Waals surface area contributed by atoms with E-state index < -0.39 is 0 Å². The number of rotatable bonds is 3. The normalized spacial score (nSPS) is 11.9. The molecule has 11 aromatic rings. The van der Waals surface area contributed by atoms with Crippen molar-refractivity contribution in [3.63, 3.8) is 0 Å². The molecule has 0 saturated heterocycles. The molecular formula is C50H38B8O. The number of benzene rings is 10. The van der Waals surface area contributed by atoms with Crippen molar-refractivity contribution in [2.24, 2.45) is 0 Å². The van der Waals surface area contributed by atoms with Gasteiger partial charge in [0.2, 0.25) is 0 Å². The Balaban J connectivity index is 1.24. The SMILES string of the molecule is Bc1c(B)c(B)c2c(-c3ccc4oc5cc6ccccc6cc5c4c3)c3c(B)c(B)c(B)c(B)c3c(-c3cccc(-c4ccc5c(ccc6ccccc65)c4)c3)c2c1B. The van der Waals surface area contributed by atoms with E-state index in [2.05, 4.69) is 196 Å². The highest BCUT2D eigenvalue weighted by Crippen LogP contribution is 2.43. The van der Waals surface area contributed by atoms with E-state index in [0.29, 0.717) is 0 Å². The third-order valence-corrected chi connectivity index (χ3v) is 14.2. The van der Waals surface area contributed by atoms with Crippen molar-refractivity contribution in [2.75, 3.05) is 0 Å². The number of furan rings is 1. The van der Waals surface area contributed by atoms with E-state index in [4.69, 9.17) is 4.42 Å². The van der Waals surface area contributed by atoms with Gasteiger partial charge in [0.1, 0.15) is 73.9 Å². The first-order valence-electron chi connectivity index (χ1n) is 20.9. The second-order valence-corrected chi connectivity index (χ2v) is 17.1. The van der Waals surface area contributed by atoms with Gasteiger partial charge in [-0.05, 0) is 124 Å². The Morgan fingerprint density at radius 2 is 0.746 bits per heavy atom. The maximum atomic E-state index is 6.55. The van der Waals surface area contributed by atoms with Crippen LogP contribution in [-0.4, -0.2) is 62.8 Å². The summed E-state index contributed by atoms with van der Waals surface area (Å²) in [6.07, 6.45) is 0. The van der Waals surface area contributed by atoms with E-state index in [0.717, 1.165) is 21.9 Å². The molecule has 59 heavy (non-hydrogen) atoms. The van der Waals surface area contributed by atoms with Crippen LogP contribution in [0.15, 0.2) is 138 Å². The van der Waals surface area contributed by atoms with Gasteiger partial charge in [-0.25, -0.2) is 0 Å². The molecule has 0 unspecified atom stereocenters. The van der Waals surface area contributed by atoms with Crippen LogP contribution in [0.5, 0.6) is 0 Å². The van der Waals surface area contributed by atoms with Crippen molar-refractivity contribution >= 4 is 182 Å². The van der Waals surface area contributed by atoms with Crippen molar-refractivity contribution < 1.29 is 4.42 Å². The summed E-state index contributed by atoms with van der Waals surface area (Å²) < 4.78 is 6.55. The third kappa shape index (κ3) is 5.23. The molecule has 268 valence electrons. The van der Waals surface area contributed by atoms with E-state index in [1.165, 1.54) is 131 Å². The van der Waals surface area contributed by atoms with Gasteiger partial charge in [0.25, 0.3) is 0 Å². The average molecular weight is 741 g/mol. The summed E-state index contributed by atoms with van der Waals surface area (Å²) >= 11 is 0. The quantitative estimate of drug-likeness (QED) is 0.146. The van der Waals surface area contributed by atoms with E-state index in [9.17, 15) is 0 Å². The van der Waals surface area contributed by atoms with Crippen LogP contribution in [0.2, 0.25) is 0 Å². The molecule has 0 radical (unpaired) electrons. The fourth-order valence-corrected chi connectivity index (χ4v) is 10.4. The molecule has 0 amide bonds. The summed E-state index contributed by atoms with van der Waals surface area (Å²) in [7, 11) is 18.6. The lowest BCUT2D eigenvalue weighted by molar-refractivity contribution is 0.669. The summed E-state index contributed by atoms with van der Waals surface area (Å²) in [5.41, 5.74) is 20.3. The summed E-state index contributed by atoms with van der Waals surface area (Å²) in [5.74, 6) is 0. The molecule has 0 aliphatic rings. The molecule has 0 atom stereocenters. The van der Waals surface area contributed by atoms with E-state index >= 15 is 0 Å². The third-order valence-electron chi connectivity index (χ3n) is 14.2. The van der Waals surface area contributed by atoms with Crippen LogP contribution in [0.4, 0.5) is 0 Å². The minimum atomic E-state index is 0.919. The molecule has 11 rings (SSSR count). The highest BCUT2D eigenvalue weighted by molar-refractivity contribution is 6.71. The van der Waals surface area contributed by atoms with Gasteiger partial charge < -0.3 is 4.42 Å². The number of fused-ring (bicyclic) bond motifs is 9. The minimum Gasteiger partial charge on any atom is -0.456 e. The molecule has 0 fully saturated rings. The molecular weight excluding hydrogens is 703 g/mol. The van der Waals surface area contributed by atoms with Gasteiger partial charge in [0.05, 0.1) is 0 Å². The maximum Gasteiger partial charge on any atom is 0.139 e. The van der Waals surface area contributed by atoms with Crippen molar-refractivity contribution in [1.29, 1.82) is 0 Å². The number of hydrogen-bond donors (Lipinski definition) is 0. The van der Waals surface area contributed by atoms with Crippen LogP contribution in [0.3, 0.4) is 0 Å². The Bertz CT molecular complexity index is 3580. The van der Waals surface area contributed by atoms with Gasteiger partial charge in [-0.1, -0.05) is 119 Å². The van der Waals surface area contributed by atoms with E-state index in [-0.39, 0.29) is 0 Å². The van der Waals surface area contributed by atoms with Crippen LogP contribution < -0.4 is 43.7 Å². The average Bonchev–Trinajstić information content (AvgIpc) is 3.63. The van der Waals surface area contributed by atoms with Crippen molar-refractivity contribution in [3.8, 4) is 33.4 Å². The minimum absolute atomic E-state index is 0.919. The highest BCUT2D eigenvalue weighted by atomic mass is 16.3. The Kier molecular flexibility index (Phi) is 8.02. The zero-order valence-corrected chi connectivity index (χ0v) is 35.1. The topological polar surface area (TPSA) is 13.1 Å². The first kappa shape index (κ1) is 35.9. The number of hydrogen-bond acceptors (Lipinski definition) is 1. The molecule has 10 aromatic carbocycles. The lowest BCUT2D eigenvalue weighted by Crippen LogP contribution is -2.50. The van der Waals surface area contributed by atoms with Crippen molar-refractivity contribution in [1.82, 2.24) is 0 Å². The van der Waals surface area contributed by atoms with E-state index in [1.807, 2.05) is 0 Å². The first-order chi connectivity index (χ1) is 28.6. The van der Waals surface area contributed by atoms with Gasteiger partial charge in [-0.15, -0.1) is 21.9 Å². The summed E-state index contributed by atoms with van der Waals surface area (Å²) in [4.78, 5) is 0. The lowest BCUT2D eigenvalue weighted by atomic mass is 9.59. The van der Waals surface area contributed by atoms with Crippen LogP contribution in [-0.2, 0) is 0 Å². The largest absolute Gasteiger partial charge is 0.456 e. The van der Waals surface area contributed by atoms with Gasteiger partial charge in [-0.2, -0.15) is 0 Å². The fourth-order valence-electron chi connectivity index (χ4n) is 10.4. The molecule has 1 aromatic heterocycles. The molecule has 0 spiro atoms. The zero-order chi connectivity index (χ0) is 40.4. The zero-order valence-electron chi connectivity index (χ0n) is 35.1. The Morgan fingerprint density at radius 3 is 1.39 bits per heavy atom. The Labute approximate surface area is 351 Å². The standard InChI is InChI=1S/C50H38B8O/c51-43-39-37(29-10-5-9-24(19-29)27-14-16-32-28(18-27)13-12-23-6-3-4-11-31(23)32)40-42(46(54)50(58)48(56)44(40)52)38(41(39)45(53)49(57)47(43)55)30-15-17-35-33(21-30)34-20-25-7-1-2-8-26(25)22-36(34)59-35/h1-22H,51-58H2. The molecule has 0 saturated carbocycles. The van der Waals surface area contributed by atoms with Gasteiger partial charge >= 0.3 is 0 Å². The van der Waals surface area contributed by atoms with Gasteiger partial charge in [0.15, 0.2) is 0 Å². The van der Waals surface area contributed by atoms with Gasteiger partial charge in [0, 0.05) is 10.8 Å². The molecule has 9 heteroatoms. The fraction of sp³-hybridized carbons (Fsp3) is 0. The molecule has 1 nitrogen and oxygen atoms in total. The van der Waals surface area contributed by atoms with Crippen LogP contribution >= 0.6 is 0 Å². The summed E-state index contributed by atoms with van der Waals surface area (Å²) in [6.45, 7) is 0. The Hall–Kier alpha value is -6.18. The van der Waals surface area contributed by atoms with Gasteiger partial charge in [-0.3, -0.25) is 0 Å².